The lowest BCUT2D eigenvalue weighted by molar-refractivity contribution is -0.140. The number of carbonyl (C=O) groups is 2. The molecule has 0 aliphatic heterocycles. The fourth-order valence-corrected chi connectivity index (χ4v) is 5.51. The zero-order chi connectivity index (χ0) is 29.2. The average molecular weight is 572 g/mol. The highest BCUT2D eigenvalue weighted by Crippen LogP contribution is 2.40. The molecule has 40 heavy (non-hydrogen) atoms. The second-order valence-electron chi connectivity index (χ2n) is 9.15. The Morgan fingerprint density at radius 3 is 2.05 bits per heavy atom. The average Bonchev–Trinajstić information content (AvgIpc) is 3.28. The van der Waals surface area contributed by atoms with Gasteiger partial charge in [-0.3, -0.25) is 4.79 Å². The summed E-state index contributed by atoms with van der Waals surface area (Å²) in [6.45, 7) is 3.22. The van der Waals surface area contributed by atoms with E-state index in [9.17, 15) is 23.1 Å². The minimum atomic E-state index is -4.13. The van der Waals surface area contributed by atoms with E-state index in [1.807, 2.05) is 0 Å². The van der Waals surface area contributed by atoms with E-state index in [0.717, 1.165) is 0 Å². The molecule has 13 heteroatoms. The second kappa shape index (κ2) is 11.3. The van der Waals surface area contributed by atoms with Crippen LogP contribution in [0.4, 0.5) is 16.2 Å². The van der Waals surface area contributed by atoms with Crippen molar-refractivity contribution in [2.24, 2.45) is 5.92 Å². The van der Waals surface area contributed by atoms with Gasteiger partial charge in [-0.1, -0.05) is 13.8 Å². The highest BCUT2D eigenvalue weighted by molar-refractivity contribution is 7.89. The first-order valence-electron chi connectivity index (χ1n) is 12.1. The fourth-order valence-electron chi connectivity index (χ4n) is 4.16. The number of sulfonamides is 1. The first kappa shape index (κ1) is 28.5. The van der Waals surface area contributed by atoms with Crippen LogP contribution < -0.4 is 29.6 Å². The number of hydrogen-bond donors (Lipinski definition) is 4. The van der Waals surface area contributed by atoms with Gasteiger partial charge in [0.25, 0.3) is 0 Å². The smallest absolute Gasteiger partial charge is 0.323 e. The van der Waals surface area contributed by atoms with E-state index < -0.39 is 34.0 Å². The van der Waals surface area contributed by atoms with Gasteiger partial charge in [-0.2, -0.15) is 4.72 Å². The van der Waals surface area contributed by atoms with Gasteiger partial charge in [0.15, 0.2) is 11.5 Å². The summed E-state index contributed by atoms with van der Waals surface area (Å²) in [4.78, 5) is 24.1. The Bertz CT molecular complexity index is 1670. The number of rotatable bonds is 10. The SMILES string of the molecule is COc1cc(NC(=O)Nc2ccc3oc4cc(S(=O)(=O)N[C@H](C(=O)O)C(C)C)ccc4c3c2)cc(OC)c1OC. The maximum atomic E-state index is 12.9. The maximum Gasteiger partial charge on any atom is 0.323 e. The van der Waals surface area contributed by atoms with Crippen LogP contribution in [-0.4, -0.2) is 52.9 Å². The van der Waals surface area contributed by atoms with E-state index in [4.69, 9.17) is 18.6 Å². The number of methoxy groups -OCH3 is 3. The van der Waals surface area contributed by atoms with Gasteiger partial charge in [0.1, 0.15) is 17.2 Å². The molecule has 0 aliphatic carbocycles. The zero-order valence-electron chi connectivity index (χ0n) is 22.4. The van der Waals surface area contributed by atoms with Crippen LogP contribution in [0.5, 0.6) is 17.2 Å². The van der Waals surface area contributed by atoms with Crippen LogP contribution >= 0.6 is 0 Å². The van der Waals surface area contributed by atoms with Crippen LogP contribution in [0, 0.1) is 5.92 Å². The van der Waals surface area contributed by atoms with Gasteiger partial charge in [-0.15, -0.1) is 0 Å². The highest BCUT2D eigenvalue weighted by atomic mass is 32.2. The standard InChI is InChI=1S/C27H29N3O9S/c1-14(2)24(26(31)32)30-40(34,35)17-7-8-18-19-10-15(6-9-20(19)39-21(18)13-17)28-27(33)29-16-11-22(36-3)25(38-5)23(12-16)37-4/h6-14,24,30H,1-5H3,(H,31,32)(H2,28,29,33)/t24-/m0/s1. The van der Waals surface area contributed by atoms with E-state index in [0.29, 0.717) is 45.0 Å². The van der Waals surface area contributed by atoms with Crippen LogP contribution in [-0.2, 0) is 14.8 Å². The van der Waals surface area contributed by atoms with Crippen LogP contribution in [0.15, 0.2) is 57.8 Å². The van der Waals surface area contributed by atoms with Crippen molar-refractivity contribution in [1.82, 2.24) is 4.72 Å². The summed E-state index contributed by atoms with van der Waals surface area (Å²) >= 11 is 0. The number of anilines is 2. The maximum absolute atomic E-state index is 12.9. The number of fused-ring (bicyclic) bond motifs is 3. The second-order valence-corrected chi connectivity index (χ2v) is 10.9. The van der Waals surface area contributed by atoms with Gasteiger partial charge >= 0.3 is 12.0 Å². The molecule has 0 aliphatic rings. The van der Waals surface area contributed by atoms with Crippen molar-refractivity contribution in [1.29, 1.82) is 0 Å². The third kappa shape index (κ3) is 5.75. The van der Waals surface area contributed by atoms with Gasteiger partial charge in [-0.05, 0) is 36.2 Å². The van der Waals surface area contributed by atoms with Crippen molar-refractivity contribution in [3.05, 3.63) is 48.5 Å². The molecule has 4 N–H and O–H groups in total. The largest absolute Gasteiger partial charge is 0.493 e. The Balaban J connectivity index is 1.58. The molecule has 0 saturated heterocycles. The molecule has 3 aromatic carbocycles. The number of hydrogen-bond acceptors (Lipinski definition) is 8. The molecule has 4 aromatic rings. The van der Waals surface area contributed by atoms with E-state index >= 15 is 0 Å². The Morgan fingerprint density at radius 2 is 1.48 bits per heavy atom. The molecule has 1 atom stereocenters. The predicted molar refractivity (Wildman–Crippen MR) is 149 cm³/mol. The van der Waals surface area contributed by atoms with E-state index in [1.165, 1.54) is 33.5 Å². The van der Waals surface area contributed by atoms with Gasteiger partial charge in [-0.25, -0.2) is 13.2 Å². The highest BCUT2D eigenvalue weighted by Gasteiger charge is 2.28. The number of benzene rings is 3. The number of nitrogens with one attached hydrogen (secondary N) is 3. The zero-order valence-corrected chi connectivity index (χ0v) is 23.2. The molecular weight excluding hydrogens is 542 g/mol. The van der Waals surface area contributed by atoms with Crippen molar-refractivity contribution < 1.29 is 41.7 Å². The van der Waals surface area contributed by atoms with E-state index in [-0.39, 0.29) is 10.5 Å². The fraction of sp³-hybridized carbons (Fsp3) is 0.259. The lowest BCUT2D eigenvalue weighted by Gasteiger charge is -2.17. The Labute approximate surface area is 230 Å². The van der Waals surface area contributed by atoms with E-state index in [2.05, 4.69) is 15.4 Å². The lowest BCUT2D eigenvalue weighted by atomic mass is 10.1. The summed E-state index contributed by atoms with van der Waals surface area (Å²) in [5, 5.41) is 16.1. The molecule has 0 radical (unpaired) electrons. The summed E-state index contributed by atoms with van der Waals surface area (Å²) in [6.07, 6.45) is 0. The van der Waals surface area contributed by atoms with Crippen molar-refractivity contribution >= 4 is 55.3 Å². The molecule has 0 unspecified atom stereocenters. The Morgan fingerprint density at radius 1 is 0.825 bits per heavy atom. The Kier molecular flexibility index (Phi) is 8.07. The number of carbonyl (C=O) groups excluding carboxylic acids is 1. The van der Waals surface area contributed by atoms with Crippen LogP contribution in [0.3, 0.4) is 0 Å². The van der Waals surface area contributed by atoms with Crippen molar-refractivity contribution in [3.8, 4) is 17.2 Å². The number of carboxylic acid groups (broad SMARTS) is 1. The minimum absolute atomic E-state index is 0.131. The van der Waals surface area contributed by atoms with Gasteiger partial charge in [0, 0.05) is 34.7 Å². The molecule has 4 rings (SSSR count). The summed E-state index contributed by atoms with van der Waals surface area (Å²) in [5.74, 6) is -0.580. The molecular formula is C27H29N3O9S. The topological polar surface area (TPSA) is 165 Å². The summed E-state index contributed by atoms with van der Waals surface area (Å²) in [6, 6.07) is 10.6. The number of furan rings is 1. The predicted octanol–water partition coefficient (Wildman–Crippen LogP) is 4.64. The van der Waals surface area contributed by atoms with Crippen molar-refractivity contribution in [3.63, 3.8) is 0 Å². The minimum Gasteiger partial charge on any atom is -0.493 e. The summed E-state index contributed by atoms with van der Waals surface area (Å²) < 4.78 is 49.7. The number of aliphatic carboxylic acids is 1. The first-order chi connectivity index (χ1) is 19.0. The number of ether oxygens (including phenoxy) is 3. The number of amides is 2. The summed E-state index contributed by atoms with van der Waals surface area (Å²) in [7, 11) is 0.294. The van der Waals surface area contributed by atoms with Crippen LogP contribution in [0.25, 0.3) is 21.9 Å². The normalized spacial score (nSPS) is 12.3. The summed E-state index contributed by atoms with van der Waals surface area (Å²) in [5.41, 5.74) is 1.62. The third-order valence-electron chi connectivity index (χ3n) is 6.15. The number of urea groups is 1. The van der Waals surface area contributed by atoms with Crippen LogP contribution in [0.2, 0.25) is 0 Å². The lowest BCUT2D eigenvalue weighted by Crippen LogP contribution is -2.44. The van der Waals surface area contributed by atoms with E-state index in [1.54, 1.807) is 50.2 Å². The third-order valence-corrected chi connectivity index (χ3v) is 7.59. The molecule has 1 aromatic heterocycles. The van der Waals surface area contributed by atoms with Gasteiger partial charge in [0.05, 0.1) is 31.9 Å². The monoisotopic (exact) mass is 571 g/mol. The molecule has 12 nitrogen and oxygen atoms in total. The first-order valence-corrected chi connectivity index (χ1v) is 13.5. The molecule has 0 bridgehead atoms. The van der Waals surface area contributed by atoms with Gasteiger partial charge in [0.2, 0.25) is 15.8 Å². The molecule has 2 amide bonds. The van der Waals surface area contributed by atoms with Crippen LogP contribution in [0.1, 0.15) is 13.8 Å². The van der Waals surface area contributed by atoms with Crippen molar-refractivity contribution in [2.75, 3.05) is 32.0 Å². The molecule has 0 fully saturated rings. The molecule has 0 spiro atoms. The Hall–Kier alpha value is -4.49. The molecule has 0 saturated carbocycles. The number of carboxylic acids is 1. The van der Waals surface area contributed by atoms with Gasteiger partial charge < -0.3 is 34.4 Å². The molecule has 1 heterocycles. The van der Waals surface area contributed by atoms with Crippen molar-refractivity contribution in [2.45, 2.75) is 24.8 Å². The quantitative estimate of drug-likeness (QED) is 0.212. The molecule has 212 valence electrons.